The molecule has 0 fully saturated rings. The first-order chi connectivity index (χ1) is 14.2. The molecule has 0 spiro atoms. The number of carbonyl (C=O) groups excluding carboxylic acids is 2. The smallest absolute Gasteiger partial charge is 0.261 e. The van der Waals surface area contributed by atoms with Crippen LogP contribution in [0.1, 0.15) is 37.5 Å². The molecule has 5 nitrogen and oxygen atoms in total. The van der Waals surface area contributed by atoms with Crippen molar-refractivity contribution in [2.24, 2.45) is 5.92 Å². The molecule has 1 atom stereocenters. The number of amides is 2. The van der Waals surface area contributed by atoms with Gasteiger partial charge in [-0.25, -0.2) is 4.39 Å². The maximum atomic E-state index is 14.2. The molecule has 2 amide bonds. The summed E-state index contributed by atoms with van der Waals surface area (Å²) in [5, 5.41) is 2.84. The third-order valence-corrected chi connectivity index (χ3v) is 5.06. The van der Waals surface area contributed by atoms with E-state index in [0.717, 1.165) is 11.1 Å². The lowest BCUT2D eigenvalue weighted by Gasteiger charge is -2.29. The van der Waals surface area contributed by atoms with Gasteiger partial charge in [-0.2, -0.15) is 0 Å². The SMILES string of the molecule is Cc1cccc(OCC(=O)N(Cc2ccccc2F)C(C)C(=O)NCC(C)C)c1C. The third-order valence-electron chi connectivity index (χ3n) is 5.06. The van der Waals surface area contributed by atoms with Crippen molar-refractivity contribution in [2.45, 2.75) is 47.2 Å². The highest BCUT2D eigenvalue weighted by molar-refractivity contribution is 5.88. The van der Waals surface area contributed by atoms with Crippen molar-refractivity contribution in [1.82, 2.24) is 10.2 Å². The summed E-state index contributed by atoms with van der Waals surface area (Å²) in [5.74, 6) is -0.178. The van der Waals surface area contributed by atoms with Gasteiger partial charge < -0.3 is 15.0 Å². The normalized spacial score (nSPS) is 11.8. The Bertz CT molecular complexity index is 883. The minimum atomic E-state index is -0.766. The van der Waals surface area contributed by atoms with E-state index in [4.69, 9.17) is 4.74 Å². The fraction of sp³-hybridized carbons (Fsp3) is 0.417. The minimum Gasteiger partial charge on any atom is -0.483 e. The number of rotatable bonds is 9. The van der Waals surface area contributed by atoms with Gasteiger partial charge in [0, 0.05) is 18.7 Å². The molecule has 0 aliphatic rings. The molecule has 0 bridgehead atoms. The lowest BCUT2D eigenvalue weighted by atomic mass is 10.1. The largest absolute Gasteiger partial charge is 0.483 e. The van der Waals surface area contributed by atoms with E-state index in [1.54, 1.807) is 31.2 Å². The van der Waals surface area contributed by atoms with Crippen molar-refractivity contribution < 1.29 is 18.7 Å². The van der Waals surface area contributed by atoms with E-state index >= 15 is 0 Å². The van der Waals surface area contributed by atoms with Gasteiger partial charge in [-0.1, -0.05) is 44.2 Å². The number of hydrogen-bond acceptors (Lipinski definition) is 3. The van der Waals surface area contributed by atoms with E-state index in [0.29, 0.717) is 17.9 Å². The predicted molar refractivity (Wildman–Crippen MR) is 116 cm³/mol. The van der Waals surface area contributed by atoms with Crippen LogP contribution in [0.2, 0.25) is 0 Å². The van der Waals surface area contributed by atoms with Gasteiger partial charge in [0.05, 0.1) is 0 Å². The lowest BCUT2D eigenvalue weighted by Crippen LogP contribution is -2.49. The summed E-state index contributed by atoms with van der Waals surface area (Å²) in [6.45, 7) is 9.77. The van der Waals surface area contributed by atoms with E-state index in [1.807, 2.05) is 39.8 Å². The molecule has 1 N–H and O–H groups in total. The zero-order chi connectivity index (χ0) is 22.3. The molecule has 0 aliphatic carbocycles. The second-order valence-corrected chi connectivity index (χ2v) is 7.91. The Hall–Kier alpha value is -2.89. The Kier molecular flexibility index (Phi) is 8.39. The Morgan fingerprint density at radius 3 is 2.43 bits per heavy atom. The van der Waals surface area contributed by atoms with Gasteiger partial charge in [0.1, 0.15) is 17.6 Å². The molecule has 0 saturated carbocycles. The highest BCUT2D eigenvalue weighted by Crippen LogP contribution is 2.21. The number of nitrogens with one attached hydrogen (secondary N) is 1. The highest BCUT2D eigenvalue weighted by Gasteiger charge is 2.27. The summed E-state index contributed by atoms with van der Waals surface area (Å²) >= 11 is 0. The van der Waals surface area contributed by atoms with Gasteiger partial charge in [-0.05, 0) is 49.9 Å². The summed E-state index contributed by atoms with van der Waals surface area (Å²) in [5.41, 5.74) is 2.36. The number of halogens is 1. The average Bonchev–Trinajstić information content (AvgIpc) is 2.71. The van der Waals surface area contributed by atoms with E-state index in [-0.39, 0.29) is 30.9 Å². The molecule has 2 aromatic rings. The van der Waals surface area contributed by atoms with Crippen LogP contribution in [0.3, 0.4) is 0 Å². The first-order valence-electron chi connectivity index (χ1n) is 10.2. The predicted octanol–water partition coefficient (Wildman–Crippen LogP) is 4.01. The van der Waals surface area contributed by atoms with Crippen LogP contribution in [0.4, 0.5) is 4.39 Å². The summed E-state index contributed by atoms with van der Waals surface area (Å²) in [4.78, 5) is 27.0. The number of hydrogen-bond donors (Lipinski definition) is 1. The molecule has 6 heteroatoms. The Labute approximate surface area is 178 Å². The van der Waals surface area contributed by atoms with E-state index < -0.39 is 11.9 Å². The zero-order valence-electron chi connectivity index (χ0n) is 18.4. The number of aryl methyl sites for hydroxylation is 1. The van der Waals surface area contributed by atoms with Crippen LogP contribution in [0.5, 0.6) is 5.75 Å². The fourth-order valence-corrected chi connectivity index (χ4v) is 2.95. The molecule has 0 aromatic heterocycles. The molecule has 162 valence electrons. The van der Waals surface area contributed by atoms with Crippen molar-refractivity contribution in [3.05, 3.63) is 65.0 Å². The van der Waals surface area contributed by atoms with E-state index in [2.05, 4.69) is 5.32 Å². The molecule has 0 radical (unpaired) electrons. The molecule has 0 aliphatic heterocycles. The van der Waals surface area contributed by atoms with Gasteiger partial charge in [-0.15, -0.1) is 0 Å². The van der Waals surface area contributed by atoms with Crippen LogP contribution in [0, 0.1) is 25.6 Å². The van der Waals surface area contributed by atoms with Gasteiger partial charge in [0.15, 0.2) is 6.61 Å². The molecule has 1 unspecified atom stereocenters. The van der Waals surface area contributed by atoms with Gasteiger partial charge >= 0.3 is 0 Å². The molecule has 0 saturated heterocycles. The second-order valence-electron chi connectivity index (χ2n) is 7.91. The van der Waals surface area contributed by atoms with Crippen LogP contribution in [-0.4, -0.2) is 35.9 Å². The average molecular weight is 415 g/mol. The number of ether oxygens (including phenoxy) is 1. The van der Waals surface area contributed by atoms with Crippen LogP contribution in [-0.2, 0) is 16.1 Å². The van der Waals surface area contributed by atoms with Gasteiger partial charge in [0.2, 0.25) is 5.91 Å². The van der Waals surface area contributed by atoms with Crippen molar-refractivity contribution in [1.29, 1.82) is 0 Å². The van der Waals surface area contributed by atoms with Crippen molar-refractivity contribution in [2.75, 3.05) is 13.2 Å². The van der Waals surface area contributed by atoms with Crippen molar-refractivity contribution in [3.63, 3.8) is 0 Å². The maximum absolute atomic E-state index is 14.2. The molecule has 30 heavy (non-hydrogen) atoms. The first kappa shape index (κ1) is 23.4. The molecule has 2 rings (SSSR count). The number of carbonyl (C=O) groups is 2. The van der Waals surface area contributed by atoms with Gasteiger partial charge in [0.25, 0.3) is 5.91 Å². The first-order valence-corrected chi connectivity index (χ1v) is 10.2. The Morgan fingerprint density at radius 1 is 1.07 bits per heavy atom. The second kappa shape index (κ2) is 10.8. The Morgan fingerprint density at radius 2 is 1.77 bits per heavy atom. The fourth-order valence-electron chi connectivity index (χ4n) is 2.95. The molecular formula is C24H31FN2O3. The lowest BCUT2D eigenvalue weighted by molar-refractivity contribution is -0.142. The van der Waals surface area contributed by atoms with Crippen LogP contribution >= 0.6 is 0 Å². The van der Waals surface area contributed by atoms with Crippen LogP contribution in [0.15, 0.2) is 42.5 Å². The minimum absolute atomic E-state index is 0.0159. The maximum Gasteiger partial charge on any atom is 0.261 e. The van der Waals surface area contributed by atoms with E-state index in [9.17, 15) is 14.0 Å². The topological polar surface area (TPSA) is 58.6 Å². The van der Waals surface area contributed by atoms with Crippen molar-refractivity contribution >= 4 is 11.8 Å². The zero-order valence-corrected chi connectivity index (χ0v) is 18.4. The third kappa shape index (κ3) is 6.31. The van der Waals surface area contributed by atoms with Crippen molar-refractivity contribution in [3.8, 4) is 5.75 Å². The number of benzene rings is 2. The molecule has 0 heterocycles. The van der Waals surface area contributed by atoms with Crippen LogP contribution < -0.4 is 10.1 Å². The summed E-state index contributed by atoms with van der Waals surface area (Å²) in [6, 6.07) is 11.1. The quantitative estimate of drug-likeness (QED) is 0.674. The summed E-state index contributed by atoms with van der Waals surface area (Å²) in [6.07, 6.45) is 0. The highest BCUT2D eigenvalue weighted by atomic mass is 19.1. The Balaban J connectivity index is 2.18. The molecule has 2 aromatic carbocycles. The van der Waals surface area contributed by atoms with Crippen LogP contribution in [0.25, 0.3) is 0 Å². The summed E-state index contributed by atoms with van der Waals surface area (Å²) < 4.78 is 19.9. The summed E-state index contributed by atoms with van der Waals surface area (Å²) in [7, 11) is 0. The molecular weight excluding hydrogens is 383 g/mol. The monoisotopic (exact) mass is 414 g/mol. The number of nitrogens with zero attached hydrogens (tertiary/aromatic N) is 1. The van der Waals surface area contributed by atoms with Gasteiger partial charge in [-0.3, -0.25) is 9.59 Å². The van der Waals surface area contributed by atoms with E-state index in [1.165, 1.54) is 11.0 Å². The standard InChI is InChI=1S/C24H31FN2O3/c1-16(2)13-26-24(29)19(5)27(14-20-10-6-7-11-21(20)25)23(28)15-30-22-12-8-9-17(3)18(22)4/h6-12,16,19H,13-15H2,1-5H3,(H,26,29).